The van der Waals surface area contributed by atoms with Crippen molar-refractivity contribution in [1.82, 2.24) is 24.5 Å². The van der Waals surface area contributed by atoms with Gasteiger partial charge in [-0.15, -0.1) is 0 Å². The Balaban J connectivity index is 1.42. The van der Waals surface area contributed by atoms with Gasteiger partial charge in [0.2, 0.25) is 0 Å². The lowest BCUT2D eigenvalue weighted by atomic mass is 10.3. The molecule has 0 bridgehead atoms. The van der Waals surface area contributed by atoms with Crippen molar-refractivity contribution in [3.05, 3.63) is 84.6 Å². The first-order valence-electron chi connectivity index (χ1n) is 8.66. The summed E-state index contributed by atoms with van der Waals surface area (Å²) in [7, 11) is 1.61. The van der Waals surface area contributed by atoms with Crippen LogP contribution in [0.5, 0.6) is 5.75 Å². The minimum absolute atomic E-state index is 0.301. The van der Waals surface area contributed by atoms with E-state index in [-0.39, 0.29) is 5.91 Å². The maximum absolute atomic E-state index is 12.5. The van der Waals surface area contributed by atoms with Crippen LogP contribution in [0.1, 0.15) is 16.2 Å². The van der Waals surface area contributed by atoms with Crippen molar-refractivity contribution >= 4 is 11.7 Å². The summed E-state index contributed by atoms with van der Waals surface area (Å²) in [6.45, 7) is 0.531. The summed E-state index contributed by atoms with van der Waals surface area (Å²) in [5, 5.41) is 11.4. The molecule has 0 aliphatic rings. The molecule has 0 spiro atoms. The van der Waals surface area contributed by atoms with E-state index in [4.69, 9.17) is 4.74 Å². The van der Waals surface area contributed by atoms with Gasteiger partial charge >= 0.3 is 0 Å². The Kier molecular flexibility index (Phi) is 4.83. The number of nitrogens with one attached hydrogen (secondary N) is 1. The van der Waals surface area contributed by atoms with Gasteiger partial charge in [0.05, 0.1) is 25.0 Å². The van der Waals surface area contributed by atoms with Crippen molar-refractivity contribution in [2.45, 2.75) is 6.54 Å². The zero-order valence-corrected chi connectivity index (χ0v) is 15.2. The average molecular weight is 374 g/mol. The number of hydrogen-bond acceptors (Lipinski definition) is 5. The zero-order chi connectivity index (χ0) is 19.3. The van der Waals surface area contributed by atoms with Crippen LogP contribution in [-0.2, 0) is 6.54 Å². The van der Waals surface area contributed by atoms with Crippen LogP contribution in [0.4, 0.5) is 5.82 Å². The third-order valence-corrected chi connectivity index (χ3v) is 4.09. The number of hydrogen-bond donors (Lipinski definition) is 1. The van der Waals surface area contributed by atoms with Gasteiger partial charge in [-0.25, -0.2) is 4.68 Å². The highest BCUT2D eigenvalue weighted by atomic mass is 16.5. The summed E-state index contributed by atoms with van der Waals surface area (Å²) in [6.07, 6.45) is 5.26. The van der Waals surface area contributed by atoms with E-state index in [0.717, 1.165) is 17.1 Å². The summed E-state index contributed by atoms with van der Waals surface area (Å²) < 4.78 is 8.50. The van der Waals surface area contributed by atoms with Crippen LogP contribution in [0, 0.1) is 0 Å². The third-order valence-electron chi connectivity index (χ3n) is 4.09. The second-order valence-electron chi connectivity index (χ2n) is 6.02. The van der Waals surface area contributed by atoms with Crippen molar-refractivity contribution in [3.8, 4) is 11.4 Å². The molecule has 0 unspecified atom stereocenters. The maximum atomic E-state index is 12.5. The summed E-state index contributed by atoms with van der Waals surface area (Å²) in [5.41, 5.74) is 2.02. The first-order chi connectivity index (χ1) is 13.7. The molecule has 8 heteroatoms. The first-order valence-corrected chi connectivity index (χ1v) is 8.66. The van der Waals surface area contributed by atoms with Gasteiger partial charge < -0.3 is 10.1 Å². The second-order valence-corrected chi connectivity index (χ2v) is 6.02. The second kappa shape index (κ2) is 7.75. The molecule has 0 fully saturated rings. The van der Waals surface area contributed by atoms with Crippen LogP contribution in [0.25, 0.3) is 5.69 Å². The normalized spacial score (nSPS) is 10.6. The van der Waals surface area contributed by atoms with Crippen molar-refractivity contribution in [2.24, 2.45) is 0 Å². The van der Waals surface area contributed by atoms with Gasteiger partial charge in [0.25, 0.3) is 5.91 Å². The molecule has 3 aromatic heterocycles. The zero-order valence-electron chi connectivity index (χ0n) is 15.2. The first kappa shape index (κ1) is 17.5. The van der Waals surface area contributed by atoms with Crippen LogP contribution in [0.2, 0.25) is 0 Å². The fourth-order valence-corrected chi connectivity index (χ4v) is 2.68. The Morgan fingerprint density at radius 1 is 1.04 bits per heavy atom. The molecule has 0 saturated heterocycles. The summed E-state index contributed by atoms with van der Waals surface area (Å²) in [5.74, 6) is 0.894. The maximum Gasteiger partial charge on any atom is 0.277 e. The fourth-order valence-electron chi connectivity index (χ4n) is 2.68. The predicted molar refractivity (Wildman–Crippen MR) is 104 cm³/mol. The fraction of sp³-hybridized carbons (Fsp3) is 0.100. The molecule has 4 rings (SSSR count). The van der Waals surface area contributed by atoms with Crippen molar-refractivity contribution in [2.75, 3.05) is 12.4 Å². The molecule has 140 valence electrons. The minimum Gasteiger partial charge on any atom is -0.497 e. The molecule has 8 nitrogen and oxygen atoms in total. The Bertz CT molecular complexity index is 1070. The smallest absolute Gasteiger partial charge is 0.277 e. The quantitative estimate of drug-likeness (QED) is 0.561. The summed E-state index contributed by atoms with van der Waals surface area (Å²) in [4.78, 5) is 16.7. The molecule has 1 aromatic carbocycles. The lowest BCUT2D eigenvalue weighted by Gasteiger charge is -2.03. The minimum atomic E-state index is -0.324. The third kappa shape index (κ3) is 3.90. The highest BCUT2D eigenvalue weighted by Gasteiger charge is 2.12. The highest BCUT2D eigenvalue weighted by Crippen LogP contribution is 2.15. The number of amides is 1. The van der Waals surface area contributed by atoms with Crippen LogP contribution in [-0.4, -0.2) is 37.6 Å². The SMILES string of the molecule is COc1ccc(-n2ccc(C(=O)Nc3ccn(Cc4ccccn4)n3)n2)cc1. The van der Waals surface area contributed by atoms with Gasteiger partial charge in [-0.2, -0.15) is 10.2 Å². The van der Waals surface area contributed by atoms with Gasteiger partial charge in [0, 0.05) is 24.7 Å². The average Bonchev–Trinajstić information content (AvgIpc) is 3.39. The number of carbonyl (C=O) groups excluding carboxylic acids is 1. The van der Waals surface area contributed by atoms with Crippen LogP contribution in [0.15, 0.2) is 73.2 Å². The van der Waals surface area contributed by atoms with E-state index in [1.807, 2.05) is 42.5 Å². The standard InChI is InChI=1S/C20H18N6O2/c1-28-17-7-5-16(6-8-17)26-13-9-18(23-26)20(27)22-19-10-12-25(24-19)14-15-4-2-3-11-21-15/h2-13H,14H2,1H3,(H,22,24,27). The van der Waals surface area contributed by atoms with Crippen LogP contribution < -0.4 is 10.1 Å². The van der Waals surface area contributed by atoms with Gasteiger partial charge in [0.15, 0.2) is 11.5 Å². The van der Waals surface area contributed by atoms with E-state index < -0.39 is 0 Å². The molecule has 0 radical (unpaired) electrons. The van der Waals surface area contributed by atoms with E-state index >= 15 is 0 Å². The summed E-state index contributed by atoms with van der Waals surface area (Å²) in [6, 6.07) is 16.5. The van der Waals surface area contributed by atoms with Gasteiger partial charge in [-0.3, -0.25) is 14.5 Å². The number of aromatic nitrogens is 5. The number of ether oxygens (including phenoxy) is 1. The molecular weight excluding hydrogens is 356 g/mol. The van der Waals surface area contributed by atoms with E-state index in [2.05, 4.69) is 20.5 Å². The van der Waals surface area contributed by atoms with Gasteiger partial charge in [-0.1, -0.05) is 6.07 Å². The predicted octanol–water partition coefficient (Wildman–Crippen LogP) is 2.77. The molecule has 3 heterocycles. The monoisotopic (exact) mass is 374 g/mol. The molecule has 0 aliphatic heterocycles. The van der Waals surface area contributed by atoms with E-state index in [1.165, 1.54) is 0 Å². The summed E-state index contributed by atoms with van der Waals surface area (Å²) >= 11 is 0. The number of carbonyl (C=O) groups is 1. The van der Waals surface area contributed by atoms with Gasteiger partial charge in [-0.05, 0) is 42.5 Å². The Labute approximate surface area is 161 Å². The highest BCUT2D eigenvalue weighted by molar-refractivity contribution is 6.02. The molecule has 0 atom stereocenters. The number of nitrogens with zero attached hydrogens (tertiary/aromatic N) is 5. The van der Waals surface area contributed by atoms with Gasteiger partial charge in [0.1, 0.15) is 5.75 Å². The molecule has 0 saturated carbocycles. The lowest BCUT2D eigenvalue weighted by Crippen LogP contribution is -2.14. The van der Waals surface area contributed by atoms with Crippen molar-refractivity contribution < 1.29 is 9.53 Å². The molecule has 1 amide bonds. The van der Waals surface area contributed by atoms with Crippen LogP contribution in [0.3, 0.4) is 0 Å². The Morgan fingerprint density at radius 2 is 1.89 bits per heavy atom. The number of rotatable bonds is 6. The lowest BCUT2D eigenvalue weighted by molar-refractivity contribution is 0.102. The van der Waals surface area contributed by atoms with Crippen molar-refractivity contribution in [3.63, 3.8) is 0 Å². The molecular formula is C20H18N6O2. The van der Waals surface area contributed by atoms with E-state index in [1.54, 1.807) is 47.2 Å². The largest absolute Gasteiger partial charge is 0.497 e. The molecule has 1 N–H and O–H groups in total. The molecule has 4 aromatic rings. The Hall–Kier alpha value is -3.94. The molecule has 0 aliphatic carbocycles. The van der Waals surface area contributed by atoms with Crippen molar-refractivity contribution in [1.29, 1.82) is 0 Å². The number of benzene rings is 1. The van der Waals surface area contributed by atoms with E-state index in [9.17, 15) is 4.79 Å². The number of pyridine rings is 1. The number of methoxy groups -OCH3 is 1. The van der Waals surface area contributed by atoms with Crippen LogP contribution >= 0.6 is 0 Å². The van der Waals surface area contributed by atoms with E-state index in [0.29, 0.717) is 18.1 Å². The number of anilines is 1. The Morgan fingerprint density at radius 3 is 2.64 bits per heavy atom. The topological polar surface area (TPSA) is 86.9 Å². The molecule has 28 heavy (non-hydrogen) atoms.